The van der Waals surface area contributed by atoms with E-state index in [0.29, 0.717) is 22.4 Å². The fraction of sp³-hybridized carbons (Fsp3) is 0.0870. The number of fused-ring (bicyclic) bond motifs is 2. The van der Waals surface area contributed by atoms with Gasteiger partial charge in [-0.15, -0.1) is 0 Å². The topological polar surface area (TPSA) is 84.2 Å². The van der Waals surface area contributed by atoms with Gasteiger partial charge in [0.15, 0.2) is 11.3 Å². The van der Waals surface area contributed by atoms with Gasteiger partial charge < -0.3 is 15.2 Å². The maximum Gasteiger partial charge on any atom is 0.278 e. The molecule has 1 aliphatic heterocycles. The summed E-state index contributed by atoms with van der Waals surface area (Å²) in [6.07, 6.45) is 0. The lowest BCUT2D eigenvalue weighted by molar-refractivity contribution is 0.0959. The number of anilines is 1. The maximum atomic E-state index is 13.6. The van der Waals surface area contributed by atoms with Crippen LogP contribution in [0.4, 0.5) is 10.1 Å². The minimum Gasteiger partial charge on any atom is -0.355 e. The van der Waals surface area contributed by atoms with Crippen molar-refractivity contribution in [1.29, 1.82) is 0 Å². The zero-order valence-corrected chi connectivity index (χ0v) is 15.9. The van der Waals surface area contributed by atoms with Crippen molar-refractivity contribution in [1.82, 2.24) is 10.5 Å². The fourth-order valence-corrected chi connectivity index (χ4v) is 3.86. The van der Waals surface area contributed by atoms with Crippen LogP contribution in [-0.4, -0.2) is 17.0 Å². The molecule has 0 fully saturated rings. The first-order chi connectivity index (χ1) is 14.5. The summed E-state index contributed by atoms with van der Waals surface area (Å²) in [5.41, 5.74) is 3.93. The first kappa shape index (κ1) is 18.1. The third-order valence-corrected chi connectivity index (χ3v) is 5.31. The fourth-order valence-electron chi connectivity index (χ4n) is 3.86. The van der Waals surface area contributed by atoms with Crippen LogP contribution >= 0.6 is 0 Å². The number of aromatic nitrogens is 1. The van der Waals surface area contributed by atoms with Crippen LogP contribution < -0.4 is 10.6 Å². The van der Waals surface area contributed by atoms with E-state index in [1.54, 1.807) is 18.2 Å². The Balaban J connectivity index is 1.57. The summed E-state index contributed by atoms with van der Waals surface area (Å²) in [4.78, 5) is 25.5. The average Bonchev–Trinajstić information content (AvgIpc) is 3.30. The van der Waals surface area contributed by atoms with Crippen LogP contribution in [0.5, 0.6) is 0 Å². The molecule has 3 aromatic carbocycles. The molecular formula is C23H16FN3O3. The van der Waals surface area contributed by atoms with Gasteiger partial charge in [-0.3, -0.25) is 9.59 Å². The van der Waals surface area contributed by atoms with Gasteiger partial charge in [0.1, 0.15) is 5.82 Å². The van der Waals surface area contributed by atoms with E-state index in [4.69, 9.17) is 4.52 Å². The minimum absolute atomic E-state index is 0.0215. The lowest BCUT2D eigenvalue weighted by Gasteiger charge is -2.18. The van der Waals surface area contributed by atoms with Crippen molar-refractivity contribution in [2.75, 3.05) is 5.32 Å². The number of hydrogen-bond donors (Lipinski definition) is 2. The Morgan fingerprint density at radius 3 is 2.80 bits per heavy atom. The number of carbonyl (C=O) groups excluding carboxylic acids is 2. The number of amides is 2. The highest BCUT2D eigenvalue weighted by atomic mass is 19.1. The largest absolute Gasteiger partial charge is 0.355 e. The van der Waals surface area contributed by atoms with Gasteiger partial charge in [-0.1, -0.05) is 35.5 Å². The van der Waals surface area contributed by atoms with Crippen LogP contribution in [0.25, 0.3) is 11.0 Å². The van der Waals surface area contributed by atoms with Gasteiger partial charge in [0.2, 0.25) is 0 Å². The molecule has 148 valence electrons. The highest BCUT2D eigenvalue weighted by Gasteiger charge is 2.33. The van der Waals surface area contributed by atoms with Gasteiger partial charge in [0, 0.05) is 16.8 Å². The Hall–Kier alpha value is -4.00. The third kappa shape index (κ3) is 2.83. The number of benzene rings is 3. The Kier molecular flexibility index (Phi) is 4.10. The van der Waals surface area contributed by atoms with Crippen LogP contribution in [0.2, 0.25) is 0 Å². The highest BCUT2D eigenvalue weighted by molar-refractivity contribution is 6.12. The Bertz CT molecular complexity index is 1330. The number of nitrogens with zero attached hydrogens (tertiary/aromatic N) is 1. The molecule has 0 aliphatic carbocycles. The van der Waals surface area contributed by atoms with Gasteiger partial charge in [0.25, 0.3) is 11.8 Å². The van der Waals surface area contributed by atoms with Gasteiger partial charge in [-0.25, -0.2) is 4.39 Å². The van der Waals surface area contributed by atoms with Crippen molar-refractivity contribution in [3.63, 3.8) is 0 Å². The smallest absolute Gasteiger partial charge is 0.278 e. The summed E-state index contributed by atoms with van der Waals surface area (Å²) >= 11 is 0. The molecule has 2 amide bonds. The second kappa shape index (κ2) is 6.81. The van der Waals surface area contributed by atoms with E-state index in [0.717, 1.165) is 11.1 Å². The quantitative estimate of drug-likeness (QED) is 0.534. The molecule has 1 atom stereocenters. The molecular weight excluding hydrogens is 385 g/mol. The molecule has 2 heterocycles. The van der Waals surface area contributed by atoms with Crippen molar-refractivity contribution in [3.8, 4) is 0 Å². The van der Waals surface area contributed by atoms with Gasteiger partial charge in [-0.05, 0) is 48.4 Å². The van der Waals surface area contributed by atoms with E-state index >= 15 is 0 Å². The molecule has 4 aromatic rings. The van der Waals surface area contributed by atoms with Crippen molar-refractivity contribution in [2.24, 2.45) is 0 Å². The van der Waals surface area contributed by atoms with Crippen molar-refractivity contribution in [2.45, 2.75) is 13.0 Å². The zero-order valence-electron chi connectivity index (χ0n) is 15.9. The van der Waals surface area contributed by atoms with E-state index in [9.17, 15) is 14.0 Å². The second-order valence-electron chi connectivity index (χ2n) is 7.16. The molecule has 1 aromatic heterocycles. The number of hydrogen-bond acceptors (Lipinski definition) is 4. The molecule has 0 bridgehead atoms. The van der Waals surface area contributed by atoms with Crippen LogP contribution in [0.1, 0.15) is 43.6 Å². The summed E-state index contributed by atoms with van der Waals surface area (Å²) in [5.74, 6) is -1.24. The van der Waals surface area contributed by atoms with Gasteiger partial charge >= 0.3 is 0 Å². The average molecular weight is 401 g/mol. The van der Waals surface area contributed by atoms with Crippen molar-refractivity contribution < 1.29 is 18.5 Å². The van der Waals surface area contributed by atoms with E-state index in [2.05, 4.69) is 15.8 Å². The molecule has 0 radical (unpaired) electrons. The molecule has 0 saturated heterocycles. The Morgan fingerprint density at radius 1 is 1.13 bits per heavy atom. The molecule has 6 nitrogen and oxygen atoms in total. The molecule has 1 aliphatic rings. The molecule has 7 heteroatoms. The predicted octanol–water partition coefficient (Wildman–Crippen LogP) is 4.36. The summed E-state index contributed by atoms with van der Waals surface area (Å²) < 4.78 is 18.8. The molecule has 30 heavy (non-hydrogen) atoms. The minimum atomic E-state index is -0.546. The summed E-state index contributed by atoms with van der Waals surface area (Å²) in [5, 5.41) is 9.89. The number of rotatable bonds is 3. The normalized spacial score (nSPS) is 15.1. The molecule has 0 saturated carbocycles. The lowest BCUT2D eigenvalue weighted by Crippen LogP contribution is -2.21. The monoisotopic (exact) mass is 401 g/mol. The standard InChI is InChI=1S/C23H16FN3O3/c1-12-5-2-3-6-14(12)20-19-15(22(28)26-20)7-4-8-17(19)25-23(29)21-16-11-13(24)9-10-18(16)30-27-21/h2-11,20H,1H3,(H,25,29)(H,26,28). The van der Waals surface area contributed by atoms with Crippen molar-refractivity contribution in [3.05, 3.63) is 94.4 Å². The van der Waals surface area contributed by atoms with Crippen molar-refractivity contribution >= 4 is 28.5 Å². The molecule has 2 N–H and O–H groups in total. The first-order valence-corrected chi connectivity index (χ1v) is 9.38. The molecule has 0 spiro atoms. The number of nitrogens with one attached hydrogen (secondary N) is 2. The lowest BCUT2D eigenvalue weighted by atomic mass is 9.93. The Labute approximate surface area is 170 Å². The van der Waals surface area contributed by atoms with Crippen LogP contribution in [0.15, 0.2) is 65.2 Å². The van der Waals surface area contributed by atoms with Crippen LogP contribution in [-0.2, 0) is 0 Å². The van der Waals surface area contributed by atoms with E-state index in [-0.39, 0.29) is 17.0 Å². The zero-order chi connectivity index (χ0) is 20.8. The van der Waals surface area contributed by atoms with E-state index < -0.39 is 17.8 Å². The number of aryl methyl sites for hydroxylation is 1. The SMILES string of the molecule is Cc1ccccc1C1NC(=O)c2cccc(NC(=O)c3noc4ccc(F)cc34)c21. The summed E-state index contributed by atoms with van der Waals surface area (Å²) in [7, 11) is 0. The number of carbonyl (C=O) groups is 2. The van der Waals surface area contributed by atoms with E-state index in [1.807, 2.05) is 31.2 Å². The Morgan fingerprint density at radius 2 is 1.97 bits per heavy atom. The predicted molar refractivity (Wildman–Crippen MR) is 109 cm³/mol. The third-order valence-electron chi connectivity index (χ3n) is 5.31. The van der Waals surface area contributed by atoms with Crippen LogP contribution in [0.3, 0.4) is 0 Å². The maximum absolute atomic E-state index is 13.6. The summed E-state index contributed by atoms with van der Waals surface area (Å²) in [6.45, 7) is 1.97. The summed E-state index contributed by atoms with van der Waals surface area (Å²) in [6, 6.07) is 16.4. The molecule has 5 rings (SSSR count). The van der Waals surface area contributed by atoms with E-state index in [1.165, 1.54) is 18.2 Å². The number of halogens is 1. The van der Waals surface area contributed by atoms with Gasteiger partial charge in [0.05, 0.1) is 11.4 Å². The second-order valence-corrected chi connectivity index (χ2v) is 7.16. The van der Waals surface area contributed by atoms with Gasteiger partial charge in [-0.2, -0.15) is 0 Å². The van der Waals surface area contributed by atoms with Crippen LogP contribution in [0, 0.1) is 12.7 Å². The highest BCUT2D eigenvalue weighted by Crippen LogP contribution is 2.37. The first-order valence-electron chi connectivity index (χ1n) is 9.38. The molecule has 1 unspecified atom stereocenters.